The van der Waals surface area contributed by atoms with Crippen LogP contribution >= 0.6 is 46.5 Å². The van der Waals surface area contributed by atoms with Crippen LogP contribution < -0.4 is 10.1 Å². The number of fused-ring (bicyclic) bond motifs is 8. The minimum atomic E-state index is -0.362. The summed E-state index contributed by atoms with van der Waals surface area (Å²) in [7, 11) is 3.37. The quantitative estimate of drug-likeness (QED) is 0.181. The minimum Gasteiger partial charge on any atom is -0.491 e. The Morgan fingerprint density at radius 2 is 1.96 bits per heavy atom. The van der Waals surface area contributed by atoms with Gasteiger partial charge in [0.15, 0.2) is 0 Å². The van der Waals surface area contributed by atoms with Crippen LogP contribution in [0.5, 0.6) is 5.75 Å². The first-order valence-electron chi connectivity index (χ1n) is 16.4. The predicted octanol–water partition coefficient (Wildman–Crippen LogP) is 8.98. The molecule has 0 saturated heterocycles. The average Bonchev–Trinajstić information content (AvgIpc) is 3.70. The van der Waals surface area contributed by atoms with E-state index in [1.807, 2.05) is 65.5 Å². The number of rotatable bonds is 2. The van der Waals surface area contributed by atoms with Crippen LogP contribution in [0.25, 0.3) is 22.0 Å². The number of carbonyl (C=O) groups excluding carboxylic acids is 1. The highest BCUT2D eigenvalue weighted by atomic mass is 35.5. The molecular formula is C36H40ClN5O3S3. The highest BCUT2D eigenvalue weighted by Crippen LogP contribution is 2.44. The molecule has 0 unspecified atom stereocenters. The monoisotopic (exact) mass is 721 g/mol. The summed E-state index contributed by atoms with van der Waals surface area (Å²) in [6.07, 6.45) is 3.52. The van der Waals surface area contributed by atoms with E-state index in [9.17, 15) is 4.79 Å². The minimum absolute atomic E-state index is 0.362. The molecular weight excluding hydrogens is 682 g/mol. The molecule has 12 heteroatoms. The molecule has 7 rings (SSSR count). The Morgan fingerprint density at radius 3 is 2.77 bits per heavy atom. The topological polar surface area (TPSA) is 83.2 Å². The highest BCUT2D eigenvalue weighted by molar-refractivity contribution is 7.98. The van der Waals surface area contributed by atoms with Crippen molar-refractivity contribution in [2.24, 2.45) is 7.05 Å². The van der Waals surface area contributed by atoms with Crippen molar-refractivity contribution in [3.8, 4) is 16.9 Å². The number of anilines is 1. The van der Waals surface area contributed by atoms with Crippen molar-refractivity contribution in [1.29, 1.82) is 0 Å². The van der Waals surface area contributed by atoms with Crippen LogP contribution in [0.4, 0.5) is 5.69 Å². The lowest BCUT2D eigenvalue weighted by molar-refractivity contribution is 0.0589. The number of carbonyl (C=O) groups is 1. The van der Waals surface area contributed by atoms with Gasteiger partial charge in [-0.05, 0) is 75.8 Å². The Bertz CT molecular complexity index is 2030. The molecule has 8 bridgehead atoms. The number of esters is 1. The molecule has 0 saturated carbocycles. The number of aromatic nitrogens is 4. The number of hydrogen-bond donors (Lipinski definition) is 1. The zero-order chi connectivity index (χ0) is 33.5. The number of thioether (sulfide) groups is 2. The zero-order valence-corrected chi connectivity index (χ0v) is 31.2. The molecule has 0 amide bonds. The van der Waals surface area contributed by atoms with E-state index in [1.54, 1.807) is 0 Å². The van der Waals surface area contributed by atoms with Crippen LogP contribution in [0.15, 0.2) is 29.2 Å². The fourth-order valence-electron chi connectivity index (χ4n) is 7.04. The summed E-state index contributed by atoms with van der Waals surface area (Å²) in [6, 6.07) is 8.49. The number of halogens is 1. The van der Waals surface area contributed by atoms with Gasteiger partial charge in [0.05, 0.1) is 47.0 Å². The Balaban J connectivity index is 1.36. The van der Waals surface area contributed by atoms with Crippen LogP contribution in [-0.4, -0.2) is 45.6 Å². The lowest BCUT2D eigenvalue weighted by Crippen LogP contribution is -2.14. The van der Waals surface area contributed by atoms with Gasteiger partial charge in [-0.1, -0.05) is 17.7 Å². The maximum absolute atomic E-state index is 13.4. The Morgan fingerprint density at radius 1 is 1.10 bits per heavy atom. The molecule has 2 aliphatic rings. The smallest absolute Gasteiger partial charge is 0.354 e. The molecule has 5 heterocycles. The van der Waals surface area contributed by atoms with Crippen LogP contribution in [0.2, 0.25) is 5.02 Å². The van der Waals surface area contributed by atoms with Crippen molar-refractivity contribution in [3.05, 3.63) is 73.1 Å². The molecule has 1 N–H and O–H groups in total. The molecule has 0 spiro atoms. The molecule has 0 aliphatic carbocycles. The standard InChI is InChI=1S/C36H40ClN5O3S3/c1-6-42-27-17-46-19-30-39-20(2)29(48-30)18-47-23-15-22-9-7-13-38-33(22)28(16-23)45-14-8-10-24-25-11-12-26(37)32(31(27)21(3)40-42)34(25)41(4)35(24)36(43)44-5/h11-12,15-16,38H,6-10,13-14,17-19H2,1-5H3. The molecule has 3 aromatic heterocycles. The van der Waals surface area contributed by atoms with Crippen LogP contribution in [0.3, 0.4) is 0 Å². The van der Waals surface area contributed by atoms with Gasteiger partial charge >= 0.3 is 5.97 Å². The van der Waals surface area contributed by atoms with E-state index in [0.29, 0.717) is 23.7 Å². The van der Waals surface area contributed by atoms with Gasteiger partial charge in [0.1, 0.15) is 16.5 Å². The van der Waals surface area contributed by atoms with Crippen molar-refractivity contribution in [2.45, 2.75) is 75.2 Å². The van der Waals surface area contributed by atoms with Crippen LogP contribution in [0.1, 0.15) is 68.3 Å². The molecule has 48 heavy (non-hydrogen) atoms. The second-order valence-electron chi connectivity index (χ2n) is 12.3. The summed E-state index contributed by atoms with van der Waals surface area (Å²) in [5.74, 6) is 2.98. The van der Waals surface area contributed by atoms with Crippen LogP contribution in [0, 0.1) is 13.8 Å². The molecule has 0 fully saturated rings. The third-order valence-electron chi connectivity index (χ3n) is 9.25. The maximum atomic E-state index is 13.4. The summed E-state index contributed by atoms with van der Waals surface area (Å²) in [5, 5.41) is 11.3. The largest absolute Gasteiger partial charge is 0.491 e. The number of methoxy groups -OCH3 is 1. The van der Waals surface area contributed by atoms with Gasteiger partial charge in [0, 0.05) is 63.7 Å². The predicted molar refractivity (Wildman–Crippen MR) is 199 cm³/mol. The SMILES string of the molecule is CCn1nc(C)c2c1CSCc1nc(C)c(s1)CSc1cc3c(c(c1)OCCCc1c(C(=O)OC)n(C)c4c-2c(Cl)ccc14)NCCC3. The van der Waals surface area contributed by atoms with E-state index in [1.165, 1.54) is 22.4 Å². The van der Waals surface area contributed by atoms with E-state index < -0.39 is 0 Å². The Hall–Kier alpha value is -3.12. The average molecular weight is 722 g/mol. The van der Waals surface area contributed by atoms with Gasteiger partial charge in [-0.15, -0.1) is 34.9 Å². The third kappa shape index (κ3) is 6.12. The fourth-order valence-corrected chi connectivity index (χ4v) is 10.6. The van der Waals surface area contributed by atoms with Gasteiger partial charge in [-0.2, -0.15) is 5.10 Å². The first-order valence-corrected chi connectivity index (χ1v) is 19.8. The lowest BCUT2D eigenvalue weighted by Gasteiger charge is -2.22. The molecule has 0 atom stereocenters. The second kappa shape index (κ2) is 14.0. The van der Waals surface area contributed by atoms with E-state index in [4.69, 9.17) is 31.2 Å². The van der Waals surface area contributed by atoms with E-state index in [2.05, 4.69) is 36.0 Å². The Kier molecular flexibility index (Phi) is 9.74. The number of aryl methyl sites for hydroxylation is 6. The van der Waals surface area contributed by atoms with Crippen molar-refractivity contribution in [2.75, 3.05) is 25.6 Å². The molecule has 2 aromatic carbocycles. The number of ether oxygens (including phenoxy) is 2. The summed E-state index contributed by atoms with van der Waals surface area (Å²) in [6.45, 7) is 8.49. The van der Waals surface area contributed by atoms with Gasteiger partial charge in [0.25, 0.3) is 0 Å². The van der Waals surface area contributed by atoms with Crippen molar-refractivity contribution < 1.29 is 14.3 Å². The van der Waals surface area contributed by atoms with Crippen LogP contribution in [-0.2, 0) is 48.4 Å². The lowest BCUT2D eigenvalue weighted by atomic mass is 9.98. The number of nitrogens with zero attached hydrogens (tertiary/aromatic N) is 4. The van der Waals surface area contributed by atoms with Gasteiger partial charge in [0.2, 0.25) is 0 Å². The first-order chi connectivity index (χ1) is 23.3. The molecule has 0 radical (unpaired) electrons. The Labute approximate surface area is 298 Å². The molecule has 2 aliphatic heterocycles. The van der Waals surface area contributed by atoms with E-state index in [0.717, 1.165) is 111 Å². The van der Waals surface area contributed by atoms with Gasteiger partial charge in [-0.3, -0.25) is 4.68 Å². The summed E-state index contributed by atoms with van der Waals surface area (Å²) < 4.78 is 15.9. The maximum Gasteiger partial charge on any atom is 0.354 e. The van der Waals surface area contributed by atoms with Gasteiger partial charge in [-0.25, -0.2) is 9.78 Å². The molecule has 8 nitrogen and oxygen atoms in total. The van der Waals surface area contributed by atoms with Crippen molar-refractivity contribution >= 4 is 69.0 Å². The summed E-state index contributed by atoms with van der Waals surface area (Å²) >= 11 is 12.6. The van der Waals surface area contributed by atoms with Crippen molar-refractivity contribution in [1.82, 2.24) is 19.3 Å². The van der Waals surface area contributed by atoms with E-state index >= 15 is 0 Å². The van der Waals surface area contributed by atoms with Gasteiger partial charge < -0.3 is 19.4 Å². The van der Waals surface area contributed by atoms with E-state index in [-0.39, 0.29) is 5.97 Å². The second-order valence-corrected chi connectivity index (χ2v) is 15.9. The number of thiazole rings is 1. The fraction of sp³-hybridized carbons (Fsp3) is 0.417. The highest BCUT2D eigenvalue weighted by Gasteiger charge is 2.28. The molecule has 252 valence electrons. The van der Waals surface area contributed by atoms with Crippen molar-refractivity contribution in [3.63, 3.8) is 0 Å². The zero-order valence-electron chi connectivity index (χ0n) is 28.0. The normalized spacial score (nSPS) is 15.3. The molecule has 5 aromatic rings. The third-order valence-corrected chi connectivity index (χ3v) is 13.0. The number of benzene rings is 2. The number of hydrogen-bond acceptors (Lipinski definition) is 9. The summed E-state index contributed by atoms with van der Waals surface area (Å²) in [5.41, 5.74) is 9.90. The first kappa shape index (κ1) is 33.4. The number of nitrogens with one attached hydrogen (secondary N) is 1. The summed E-state index contributed by atoms with van der Waals surface area (Å²) in [4.78, 5) is 20.9.